The summed E-state index contributed by atoms with van der Waals surface area (Å²) in [7, 11) is 0. The maximum Gasteiger partial charge on any atom is 0.116 e. The first kappa shape index (κ1) is 11.9. The molecule has 0 radical (unpaired) electrons. The van der Waals surface area contributed by atoms with Crippen LogP contribution in [0.25, 0.3) is 0 Å². The Kier molecular flexibility index (Phi) is 5.93. The van der Waals surface area contributed by atoms with E-state index in [1.807, 2.05) is 6.92 Å². The molecule has 0 rings (SSSR count). The van der Waals surface area contributed by atoms with E-state index >= 15 is 0 Å². The molecule has 0 fully saturated rings. The van der Waals surface area contributed by atoms with Crippen molar-refractivity contribution in [1.29, 1.82) is 0 Å². The van der Waals surface area contributed by atoms with Crippen molar-refractivity contribution in [3.8, 4) is 0 Å². The summed E-state index contributed by atoms with van der Waals surface area (Å²) in [6.45, 7) is 8.85. The molecule has 0 spiro atoms. The Hall–Kier alpha value is -1.06. The van der Waals surface area contributed by atoms with E-state index in [9.17, 15) is 0 Å². The molecule has 0 saturated carbocycles. The van der Waals surface area contributed by atoms with Crippen molar-refractivity contribution in [3.63, 3.8) is 0 Å². The van der Waals surface area contributed by atoms with Gasteiger partial charge in [-0.05, 0) is 13.0 Å². The van der Waals surface area contributed by atoms with Crippen LogP contribution in [0.4, 0.5) is 0 Å². The molecule has 0 aliphatic carbocycles. The molecule has 1 unspecified atom stereocenters. The smallest absolute Gasteiger partial charge is 0.116 e. The van der Waals surface area contributed by atoms with Crippen molar-refractivity contribution in [3.05, 3.63) is 36.6 Å². The van der Waals surface area contributed by atoms with Gasteiger partial charge >= 0.3 is 0 Å². The quantitative estimate of drug-likeness (QED) is 0.478. The first-order valence-electron chi connectivity index (χ1n) is 4.00. The largest absolute Gasteiger partial charge is 0.491 e. The van der Waals surface area contributed by atoms with Gasteiger partial charge in [0.05, 0.1) is 6.61 Å². The molecule has 74 valence electrons. The molecule has 0 aromatic carbocycles. The van der Waals surface area contributed by atoms with Crippen LogP contribution in [0.2, 0.25) is 0 Å². The molecule has 3 nitrogen and oxygen atoms in total. The zero-order valence-corrected chi connectivity index (χ0v) is 7.86. The fourth-order valence-electron chi connectivity index (χ4n) is 0.539. The lowest BCUT2D eigenvalue weighted by atomic mass is 10.3. The van der Waals surface area contributed by atoms with Crippen LogP contribution in [-0.4, -0.2) is 29.5 Å². The fraction of sp³-hybridized carbons (Fsp3) is 0.400. The normalized spacial score (nSPS) is 12.8. The minimum absolute atomic E-state index is 0.0515. The van der Waals surface area contributed by atoms with E-state index in [4.69, 9.17) is 14.9 Å². The molecule has 13 heavy (non-hydrogen) atoms. The van der Waals surface area contributed by atoms with Crippen LogP contribution >= 0.6 is 0 Å². The van der Waals surface area contributed by atoms with E-state index in [0.717, 1.165) is 5.57 Å². The van der Waals surface area contributed by atoms with Gasteiger partial charge in [0, 0.05) is 0 Å². The molecule has 0 aromatic heterocycles. The van der Waals surface area contributed by atoms with Crippen molar-refractivity contribution in [2.75, 3.05) is 13.2 Å². The van der Waals surface area contributed by atoms with Gasteiger partial charge in [0.2, 0.25) is 0 Å². The first-order valence-corrected chi connectivity index (χ1v) is 4.00. The molecule has 0 amide bonds. The molecule has 0 saturated heterocycles. The van der Waals surface area contributed by atoms with Gasteiger partial charge in [-0.25, -0.2) is 0 Å². The van der Waals surface area contributed by atoms with Crippen LogP contribution in [-0.2, 0) is 4.74 Å². The van der Waals surface area contributed by atoms with Crippen LogP contribution in [0.5, 0.6) is 0 Å². The second-order valence-electron chi connectivity index (χ2n) is 2.79. The van der Waals surface area contributed by atoms with Crippen LogP contribution in [0.1, 0.15) is 6.92 Å². The number of rotatable bonds is 6. The van der Waals surface area contributed by atoms with Crippen molar-refractivity contribution in [2.24, 2.45) is 0 Å². The second kappa shape index (κ2) is 6.46. The summed E-state index contributed by atoms with van der Waals surface area (Å²) in [5, 5.41) is 17.4. The predicted octanol–water partition coefficient (Wildman–Crippen LogP) is 1.00. The van der Waals surface area contributed by atoms with Crippen LogP contribution in [0.3, 0.4) is 0 Å². The Labute approximate surface area is 78.7 Å². The Morgan fingerprint density at radius 2 is 2.08 bits per heavy atom. The van der Waals surface area contributed by atoms with Crippen LogP contribution in [0, 0.1) is 0 Å². The summed E-state index contributed by atoms with van der Waals surface area (Å²) in [6, 6.07) is 0. The zero-order valence-electron chi connectivity index (χ0n) is 7.86. The highest BCUT2D eigenvalue weighted by molar-refractivity contribution is 5.19. The van der Waals surface area contributed by atoms with Crippen LogP contribution in [0.15, 0.2) is 36.6 Å². The third kappa shape index (κ3) is 7.31. The van der Waals surface area contributed by atoms with Gasteiger partial charge < -0.3 is 14.9 Å². The second-order valence-corrected chi connectivity index (χ2v) is 2.79. The predicted molar refractivity (Wildman–Crippen MR) is 52.1 cm³/mol. The van der Waals surface area contributed by atoms with E-state index < -0.39 is 6.10 Å². The van der Waals surface area contributed by atoms with E-state index in [0.29, 0.717) is 5.76 Å². The SMILES string of the molecule is C=C(C)/C=C\C(=C)OCC(O)CO. The monoisotopic (exact) mass is 184 g/mol. The average molecular weight is 184 g/mol. The molecule has 2 N–H and O–H groups in total. The van der Waals surface area contributed by atoms with E-state index in [2.05, 4.69) is 13.2 Å². The van der Waals surface area contributed by atoms with E-state index in [1.165, 1.54) is 0 Å². The highest BCUT2D eigenvalue weighted by Gasteiger charge is 2.01. The van der Waals surface area contributed by atoms with Gasteiger partial charge in [-0.2, -0.15) is 0 Å². The Morgan fingerprint density at radius 1 is 1.46 bits per heavy atom. The van der Waals surface area contributed by atoms with Gasteiger partial charge in [0.25, 0.3) is 0 Å². The lowest BCUT2D eigenvalue weighted by molar-refractivity contribution is 0.0332. The van der Waals surface area contributed by atoms with Crippen LogP contribution < -0.4 is 0 Å². The van der Waals surface area contributed by atoms with Crippen molar-refractivity contribution >= 4 is 0 Å². The first-order chi connectivity index (χ1) is 6.06. The van der Waals surface area contributed by atoms with Gasteiger partial charge in [0.15, 0.2) is 0 Å². The molecule has 1 atom stereocenters. The summed E-state index contributed by atoms with van der Waals surface area (Å²) in [5.74, 6) is 0.440. The molecule has 0 aliphatic rings. The minimum Gasteiger partial charge on any atom is -0.491 e. The standard InChI is InChI=1S/C10H16O3/c1-8(2)4-5-9(3)13-7-10(12)6-11/h4-5,10-12H,1,3,6-7H2,2H3/b5-4-. The number of aliphatic hydroxyl groups is 2. The summed E-state index contributed by atoms with van der Waals surface area (Å²) in [5.41, 5.74) is 0.896. The number of hydrogen-bond acceptors (Lipinski definition) is 3. The Bertz CT molecular complexity index is 206. The van der Waals surface area contributed by atoms with Gasteiger partial charge in [0.1, 0.15) is 18.5 Å². The number of ether oxygens (including phenoxy) is 1. The highest BCUT2D eigenvalue weighted by atomic mass is 16.5. The van der Waals surface area contributed by atoms with E-state index in [-0.39, 0.29) is 13.2 Å². The lowest BCUT2D eigenvalue weighted by Crippen LogP contribution is -2.18. The van der Waals surface area contributed by atoms with Crippen molar-refractivity contribution in [1.82, 2.24) is 0 Å². The Morgan fingerprint density at radius 3 is 2.54 bits per heavy atom. The summed E-state index contributed by atoms with van der Waals surface area (Å²) in [6.07, 6.45) is 2.56. The minimum atomic E-state index is -0.852. The topological polar surface area (TPSA) is 49.7 Å². The maximum atomic E-state index is 8.93. The molecule has 0 aromatic rings. The van der Waals surface area contributed by atoms with Gasteiger partial charge in [-0.15, -0.1) is 0 Å². The summed E-state index contributed by atoms with van der Waals surface area (Å²) in [4.78, 5) is 0. The molecule has 0 bridgehead atoms. The fourth-order valence-corrected chi connectivity index (χ4v) is 0.539. The number of allylic oxidation sites excluding steroid dienone is 3. The van der Waals surface area contributed by atoms with Crippen molar-refractivity contribution < 1.29 is 14.9 Å². The molecule has 3 heteroatoms. The third-order valence-corrected chi connectivity index (χ3v) is 1.23. The molecule has 0 heterocycles. The molecular weight excluding hydrogens is 168 g/mol. The third-order valence-electron chi connectivity index (χ3n) is 1.23. The summed E-state index contributed by atoms with van der Waals surface area (Å²) >= 11 is 0. The highest BCUT2D eigenvalue weighted by Crippen LogP contribution is 2.00. The van der Waals surface area contributed by atoms with Crippen molar-refractivity contribution in [2.45, 2.75) is 13.0 Å². The summed E-state index contributed by atoms with van der Waals surface area (Å²) < 4.78 is 5.01. The molecular formula is C10H16O3. The van der Waals surface area contributed by atoms with Gasteiger partial charge in [-0.1, -0.05) is 24.8 Å². The lowest BCUT2D eigenvalue weighted by Gasteiger charge is -2.08. The zero-order chi connectivity index (χ0) is 10.3. The Balaban J connectivity index is 3.69. The maximum absolute atomic E-state index is 8.93. The number of hydrogen-bond donors (Lipinski definition) is 2. The van der Waals surface area contributed by atoms with Gasteiger partial charge in [-0.3, -0.25) is 0 Å². The average Bonchev–Trinajstić information content (AvgIpc) is 2.10. The van der Waals surface area contributed by atoms with E-state index in [1.54, 1.807) is 12.2 Å². The number of aliphatic hydroxyl groups excluding tert-OH is 2. The molecule has 0 aliphatic heterocycles.